The van der Waals surface area contributed by atoms with Crippen molar-refractivity contribution in [2.24, 2.45) is 0 Å². The summed E-state index contributed by atoms with van der Waals surface area (Å²) in [5, 5.41) is 0. The highest BCUT2D eigenvalue weighted by Gasteiger charge is 2.19. The minimum absolute atomic E-state index is 0.0936. The molecule has 0 aromatic heterocycles. The molecule has 0 aliphatic rings. The maximum atomic E-state index is 12.9. The lowest BCUT2D eigenvalue weighted by Gasteiger charge is -2.18. The van der Waals surface area contributed by atoms with Crippen molar-refractivity contribution in [3.8, 4) is 0 Å². The third-order valence-electron chi connectivity index (χ3n) is 14.4. The summed E-state index contributed by atoms with van der Waals surface area (Å²) in [6.07, 6.45) is 95.0. The maximum Gasteiger partial charge on any atom is 0.306 e. The number of rotatable bonds is 61. The second kappa shape index (κ2) is 68.3. The number of carbonyl (C=O) groups excluding carboxylic acids is 3. The first kappa shape index (κ1) is 76.8. The topological polar surface area (TPSA) is 78.9 Å². The lowest BCUT2D eigenvalue weighted by atomic mass is 10.0. The van der Waals surface area contributed by atoms with Crippen molar-refractivity contribution in [2.75, 3.05) is 13.2 Å². The standard InChI is InChI=1S/C75H126O6/c1-4-7-10-13-16-19-22-25-27-29-31-33-35-36-37-38-40-41-43-45-47-50-53-56-59-62-65-68-74(77)80-71-72(70-79-73(76)67-64-61-58-55-52-49-24-21-18-15-12-9-6-3)81-75(78)69-66-63-60-57-54-51-48-46-44-42-39-34-32-30-28-26-23-20-17-14-11-8-5-2/h8,11,17,20-22,24-26,28-29,31-32,34-36,42,44,48,51,72H,4-7,9-10,12-16,18-19,23,27,30,33,37-41,43,45-47,49-50,52-71H2,1-3H3/b11-8-,20-17-,24-21-,25-22-,28-26-,31-29-,34-32-,36-35-,44-42-,51-48-. The quantitative estimate of drug-likeness (QED) is 0.0261. The normalized spacial score (nSPS) is 12.9. The van der Waals surface area contributed by atoms with E-state index in [-0.39, 0.29) is 31.1 Å². The molecule has 462 valence electrons. The molecule has 0 bridgehead atoms. The Bertz CT molecular complexity index is 1670. The Kier molecular flexibility index (Phi) is 64.8. The Morgan fingerprint density at radius 1 is 0.259 bits per heavy atom. The molecule has 0 amide bonds. The zero-order valence-corrected chi connectivity index (χ0v) is 53.0. The van der Waals surface area contributed by atoms with Crippen molar-refractivity contribution in [3.63, 3.8) is 0 Å². The van der Waals surface area contributed by atoms with Crippen molar-refractivity contribution in [1.82, 2.24) is 0 Å². The van der Waals surface area contributed by atoms with Crippen LogP contribution < -0.4 is 0 Å². The van der Waals surface area contributed by atoms with Crippen LogP contribution in [0.1, 0.15) is 316 Å². The number of carbonyl (C=O) groups is 3. The van der Waals surface area contributed by atoms with Gasteiger partial charge in [0.15, 0.2) is 6.10 Å². The molecule has 1 atom stereocenters. The van der Waals surface area contributed by atoms with Crippen LogP contribution in [-0.4, -0.2) is 37.2 Å². The van der Waals surface area contributed by atoms with Gasteiger partial charge in [0, 0.05) is 19.3 Å². The van der Waals surface area contributed by atoms with Crippen molar-refractivity contribution >= 4 is 17.9 Å². The van der Waals surface area contributed by atoms with Gasteiger partial charge >= 0.3 is 17.9 Å². The Morgan fingerprint density at radius 3 is 0.778 bits per heavy atom. The van der Waals surface area contributed by atoms with E-state index >= 15 is 0 Å². The maximum absolute atomic E-state index is 12.9. The summed E-state index contributed by atoms with van der Waals surface area (Å²) in [4.78, 5) is 38.4. The fraction of sp³-hybridized carbons (Fsp3) is 0.693. The predicted octanol–water partition coefficient (Wildman–Crippen LogP) is 23.6. The Morgan fingerprint density at radius 2 is 0.481 bits per heavy atom. The summed E-state index contributed by atoms with van der Waals surface area (Å²) in [7, 11) is 0. The average molecular weight is 1120 g/mol. The molecule has 0 fully saturated rings. The van der Waals surface area contributed by atoms with Crippen LogP contribution in [0.25, 0.3) is 0 Å². The van der Waals surface area contributed by atoms with Crippen LogP contribution in [0.15, 0.2) is 122 Å². The number of unbranched alkanes of at least 4 members (excludes halogenated alkanes) is 30. The molecule has 1 unspecified atom stereocenters. The van der Waals surface area contributed by atoms with E-state index in [2.05, 4.69) is 142 Å². The molecule has 0 saturated heterocycles. The Labute approximate surface area is 501 Å². The van der Waals surface area contributed by atoms with Gasteiger partial charge in [-0.25, -0.2) is 0 Å². The van der Waals surface area contributed by atoms with Crippen LogP contribution in [0.2, 0.25) is 0 Å². The van der Waals surface area contributed by atoms with Gasteiger partial charge in [-0.2, -0.15) is 0 Å². The molecule has 0 aliphatic carbocycles. The van der Waals surface area contributed by atoms with Crippen molar-refractivity contribution < 1.29 is 28.6 Å². The van der Waals surface area contributed by atoms with Gasteiger partial charge in [-0.15, -0.1) is 0 Å². The average Bonchev–Trinajstić information content (AvgIpc) is 3.46. The van der Waals surface area contributed by atoms with Crippen LogP contribution in [-0.2, 0) is 28.6 Å². The predicted molar refractivity (Wildman–Crippen MR) is 353 cm³/mol. The second-order valence-electron chi connectivity index (χ2n) is 22.3. The first-order valence-electron chi connectivity index (χ1n) is 34.0. The first-order valence-corrected chi connectivity index (χ1v) is 34.0. The summed E-state index contributed by atoms with van der Waals surface area (Å²) in [6, 6.07) is 0. The van der Waals surface area contributed by atoms with E-state index in [4.69, 9.17) is 14.2 Å². The monoisotopic (exact) mass is 1120 g/mol. The number of hydrogen-bond donors (Lipinski definition) is 0. The summed E-state index contributed by atoms with van der Waals surface area (Å²) >= 11 is 0. The molecule has 0 spiro atoms. The third-order valence-corrected chi connectivity index (χ3v) is 14.4. The van der Waals surface area contributed by atoms with E-state index in [9.17, 15) is 14.4 Å². The molecule has 0 aliphatic heterocycles. The van der Waals surface area contributed by atoms with Gasteiger partial charge in [-0.1, -0.05) is 284 Å². The fourth-order valence-corrected chi connectivity index (χ4v) is 9.33. The summed E-state index contributed by atoms with van der Waals surface area (Å²) in [6.45, 7) is 6.49. The van der Waals surface area contributed by atoms with E-state index < -0.39 is 6.10 Å². The molecular formula is C75H126O6. The van der Waals surface area contributed by atoms with Gasteiger partial charge in [0.2, 0.25) is 0 Å². The van der Waals surface area contributed by atoms with Gasteiger partial charge in [0.1, 0.15) is 13.2 Å². The molecule has 6 heteroatoms. The second-order valence-corrected chi connectivity index (χ2v) is 22.3. The van der Waals surface area contributed by atoms with Crippen molar-refractivity contribution in [1.29, 1.82) is 0 Å². The minimum Gasteiger partial charge on any atom is -0.462 e. The highest BCUT2D eigenvalue weighted by Crippen LogP contribution is 2.16. The largest absolute Gasteiger partial charge is 0.462 e. The molecule has 0 aromatic carbocycles. The zero-order chi connectivity index (χ0) is 58.5. The molecule has 0 N–H and O–H groups in total. The van der Waals surface area contributed by atoms with E-state index in [0.29, 0.717) is 19.3 Å². The van der Waals surface area contributed by atoms with Crippen LogP contribution in [0.5, 0.6) is 0 Å². The van der Waals surface area contributed by atoms with Gasteiger partial charge < -0.3 is 14.2 Å². The Balaban J connectivity index is 4.36. The fourth-order valence-electron chi connectivity index (χ4n) is 9.33. The van der Waals surface area contributed by atoms with Gasteiger partial charge in [-0.3, -0.25) is 14.4 Å². The van der Waals surface area contributed by atoms with Crippen molar-refractivity contribution in [2.45, 2.75) is 322 Å². The highest BCUT2D eigenvalue weighted by molar-refractivity contribution is 5.71. The number of ether oxygens (including phenoxy) is 3. The molecule has 0 rings (SSSR count). The summed E-state index contributed by atoms with van der Waals surface area (Å²) < 4.78 is 16.9. The summed E-state index contributed by atoms with van der Waals surface area (Å²) in [5.74, 6) is -0.923. The summed E-state index contributed by atoms with van der Waals surface area (Å²) in [5.41, 5.74) is 0. The Hall–Kier alpha value is -4.19. The first-order chi connectivity index (χ1) is 40.0. The highest BCUT2D eigenvalue weighted by atomic mass is 16.6. The molecular weight excluding hydrogens is 997 g/mol. The smallest absolute Gasteiger partial charge is 0.306 e. The number of esters is 3. The van der Waals surface area contributed by atoms with Crippen LogP contribution >= 0.6 is 0 Å². The molecule has 81 heavy (non-hydrogen) atoms. The van der Waals surface area contributed by atoms with Gasteiger partial charge in [0.25, 0.3) is 0 Å². The number of allylic oxidation sites excluding steroid dienone is 20. The third kappa shape index (κ3) is 66.5. The van der Waals surface area contributed by atoms with Crippen LogP contribution in [0.3, 0.4) is 0 Å². The lowest BCUT2D eigenvalue weighted by Crippen LogP contribution is -2.30. The molecule has 6 nitrogen and oxygen atoms in total. The molecule has 0 saturated carbocycles. The van der Waals surface area contributed by atoms with E-state index in [1.807, 2.05) is 0 Å². The van der Waals surface area contributed by atoms with Gasteiger partial charge in [-0.05, 0) is 135 Å². The number of hydrogen-bond acceptors (Lipinski definition) is 6. The van der Waals surface area contributed by atoms with E-state index in [1.54, 1.807) is 0 Å². The minimum atomic E-state index is -0.801. The molecule has 0 heterocycles. The van der Waals surface area contributed by atoms with Gasteiger partial charge in [0.05, 0.1) is 0 Å². The molecule has 0 aromatic rings. The van der Waals surface area contributed by atoms with Crippen LogP contribution in [0, 0.1) is 0 Å². The SMILES string of the molecule is CC/C=C\C/C=C\C/C=C\C/C=C\C/C=C\C/C=C\CCCCCCC(=O)OC(COC(=O)CCCCCCC/C=C\CCCCCC)COC(=O)CCCCCCCCCCCCCC/C=C\C/C=C\C/C=C\CCCCCCC. The lowest BCUT2D eigenvalue weighted by molar-refractivity contribution is -0.167. The van der Waals surface area contributed by atoms with E-state index in [0.717, 1.165) is 128 Å². The van der Waals surface area contributed by atoms with Crippen molar-refractivity contribution in [3.05, 3.63) is 122 Å². The van der Waals surface area contributed by atoms with Crippen LogP contribution in [0.4, 0.5) is 0 Å². The molecule has 0 radical (unpaired) electrons. The zero-order valence-electron chi connectivity index (χ0n) is 53.0. The van der Waals surface area contributed by atoms with E-state index in [1.165, 1.54) is 148 Å².